The fourth-order valence-electron chi connectivity index (χ4n) is 2.11. The van der Waals surface area contributed by atoms with E-state index in [9.17, 15) is 0 Å². The van der Waals surface area contributed by atoms with E-state index in [0.29, 0.717) is 0 Å². The van der Waals surface area contributed by atoms with Crippen molar-refractivity contribution in [3.8, 4) is 0 Å². The van der Waals surface area contributed by atoms with Crippen molar-refractivity contribution < 1.29 is 0 Å². The van der Waals surface area contributed by atoms with Gasteiger partial charge in [-0.1, -0.05) is 20.8 Å². The van der Waals surface area contributed by atoms with Crippen LogP contribution in [0.4, 0.5) is 0 Å². The molecule has 2 heterocycles. The lowest BCUT2D eigenvalue weighted by molar-refractivity contribution is 0.586. The Kier molecular flexibility index (Phi) is 2.03. The van der Waals surface area contributed by atoms with Crippen LogP contribution in [-0.4, -0.2) is 25.3 Å². The zero-order chi connectivity index (χ0) is 9.47. The third-order valence-electron chi connectivity index (χ3n) is 2.76. The van der Waals surface area contributed by atoms with Crippen LogP contribution in [0.3, 0.4) is 0 Å². The Hall–Kier alpha value is -0.630. The van der Waals surface area contributed by atoms with Crippen LogP contribution in [0.1, 0.15) is 27.2 Å². The number of nitrogens with zero attached hydrogens (tertiary/aromatic N) is 1. The van der Waals surface area contributed by atoms with Gasteiger partial charge in [0.05, 0.1) is 6.54 Å². The number of hydrogen-bond donors (Lipinski definition) is 1. The van der Waals surface area contributed by atoms with Crippen molar-refractivity contribution in [3.05, 3.63) is 11.1 Å². The van der Waals surface area contributed by atoms with Gasteiger partial charge < -0.3 is 5.32 Å². The fraction of sp³-hybridized carbons (Fsp3) is 0.727. The van der Waals surface area contributed by atoms with Crippen molar-refractivity contribution in [2.45, 2.75) is 27.2 Å². The van der Waals surface area contributed by atoms with Gasteiger partial charge in [-0.25, -0.2) is 0 Å². The summed E-state index contributed by atoms with van der Waals surface area (Å²) in [5.41, 5.74) is 4.62. The monoisotopic (exact) mass is 178 g/mol. The Labute approximate surface area is 80.1 Å². The molecule has 2 heteroatoms. The van der Waals surface area contributed by atoms with Crippen molar-refractivity contribution >= 4 is 5.71 Å². The lowest BCUT2D eigenvalue weighted by atomic mass is 9.84. The maximum atomic E-state index is 4.65. The van der Waals surface area contributed by atoms with E-state index < -0.39 is 0 Å². The summed E-state index contributed by atoms with van der Waals surface area (Å²) >= 11 is 0. The molecule has 0 saturated carbocycles. The van der Waals surface area contributed by atoms with Gasteiger partial charge in [0.25, 0.3) is 0 Å². The van der Waals surface area contributed by atoms with Gasteiger partial charge in [0, 0.05) is 17.7 Å². The van der Waals surface area contributed by atoms with Crippen molar-refractivity contribution in [2.24, 2.45) is 10.4 Å². The second-order valence-electron chi connectivity index (χ2n) is 4.92. The molecule has 0 bridgehead atoms. The van der Waals surface area contributed by atoms with E-state index >= 15 is 0 Å². The summed E-state index contributed by atoms with van der Waals surface area (Å²) in [6.45, 7) is 9.87. The molecule has 1 N–H and O–H groups in total. The minimum Gasteiger partial charge on any atom is -0.312 e. The summed E-state index contributed by atoms with van der Waals surface area (Å²) in [5.74, 6) is 0. The molecule has 0 aromatic heterocycles. The van der Waals surface area contributed by atoms with Crippen LogP contribution in [0.2, 0.25) is 0 Å². The predicted molar refractivity (Wildman–Crippen MR) is 56.3 cm³/mol. The van der Waals surface area contributed by atoms with E-state index in [-0.39, 0.29) is 5.41 Å². The first-order valence-corrected chi connectivity index (χ1v) is 5.06. The van der Waals surface area contributed by atoms with E-state index in [1.165, 1.54) is 17.7 Å². The van der Waals surface area contributed by atoms with Gasteiger partial charge in [0.1, 0.15) is 0 Å². The first kappa shape index (κ1) is 8.95. The minimum atomic E-state index is 0.218. The van der Waals surface area contributed by atoms with Gasteiger partial charge in [0.2, 0.25) is 0 Å². The van der Waals surface area contributed by atoms with Gasteiger partial charge in [0.15, 0.2) is 0 Å². The molecule has 0 amide bonds. The Morgan fingerprint density at radius 2 is 2.08 bits per heavy atom. The molecule has 13 heavy (non-hydrogen) atoms. The molecule has 0 radical (unpaired) electrons. The van der Waals surface area contributed by atoms with Crippen LogP contribution in [0.15, 0.2) is 16.1 Å². The van der Waals surface area contributed by atoms with Gasteiger partial charge >= 0.3 is 0 Å². The topological polar surface area (TPSA) is 24.4 Å². The standard InChI is InChI=1S/C11H18N2/c1-11(2,3)10-9-7-12-5-4-8(9)6-13-10/h12H,4-7H2,1-3H3. The van der Waals surface area contributed by atoms with Crippen LogP contribution >= 0.6 is 0 Å². The number of rotatable bonds is 0. The van der Waals surface area contributed by atoms with Crippen molar-refractivity contribution in [1.29, 1.82) is 0 Å². The van der Waals surface area contributed by atoms with Crippen molar-refractivity contribution in [2.75, 3.05) is 19.6 Å². The highest BCUT2D eigenvalue weighted by atomic mass is 14.9. The SMILES string of the molecule is CC(C)(C)C1=NCC2=C1CNCC2. The first-order valence-electron chi connectivity index (χ1n) is 5.06. The number of aliphatic imine (C=N–C) groups is 1. The second kappa shape index (κ2) is 2.95. The summed E-state index contributed by atoms with van der Waals surface area (Å²) in [6.07, 6.45) is 1.19. The highest BCUT2D eigenvalue weighted by molar-refractivity contribution is 6.06. The van der Waals surface area contributed by atoms with Crippen LogP contribution in [0.5, 0.6) is 0 Å². The number of hydrogen-bond acceptors (Lipinski definition) is 2. The molecule has 0 aromatic rings. The molecule has 2 aliphatic rings. The molecule has 2 rings (SSSR count). The minimum absolute atomic E-state index is 0.218. The smallest absolute Gasteiger partial charge is 0.0610 e. The Bertz CT molecular complexity index is 279. The van der Waals surface area contributed by atoms with E-state index in [4.69, 9.17) is 0 Å². The fourth-order valence-corrected chi connectivity index (χ4v) is 2.11. The molecule has 0 aliphatic carbocycles. The maximum absolute atomic E-state index is 4.65. The third kappa shape index (κ3) is 1.55. The summed E-state index contributed by atoms with van der Waals surface area (Å²) in [6, 6.07) is 0. The van der Waals surface area contributed by atoms with Gasteiger partial charge in [-0.05, 0) is 24.1 Å². The maximum Gasteiger partial charge on any atom is 0.0610 e. The Balaban J connectivity index is 2.28. The molecular weight excluding hydrogens is 160 g/mol. The third-order valence-corrected chi connectivity index (χ3v) is 2.76. The molecule has 0 unspecified atom stereocenters. The lowest BCUT2D eigenvalue weighted by Gasteiger charge is -2.24. The molecule has 2 nitrogen and oxygen atoms in total. The molecule has 0 spiro atoms. The van der Waals surface area contributed by atoms with Crippen molar-refractivity contribution in [3.63, 3.8) is 0 Å². The predicted octanol–water partition coefficient (Wildman–Crippen LogP) is 1.78. The molecule has 0 fully saturated rings. The highest BCUT2D eigenvalue weighted by Gasteiger charge is 2.29. The molecule has 0 atom stereocenters. The van der Waals surface area contributed by atoms with Gasteiger partial charge in [-0.15, -0.1) is 0 Å². The molecular formula is C11H18N2. The number of nitrogens with one attached hydrogen (secondary N) is 1. The highest BCUT2D eigenvalue weighted by Crippen LogP contribution is 2.30. The normalized spacial score (nSPS) is 23.2. The Morgan fingerprint density at radius 1 is 1.31 bits per heavy atom. The summed E-state index contributed by atoms with van der Waals surface area (Å²) in [7, 11) is 0. The first-order chi connectivity index (χ1) is 6.09. The Morgan fingerprint density at radius 3 is 2.77 bits per heavy atom. The summed E-state index contributed by atoms with van der Waals surface area (Å²) in [4.78, 5) is 4.65. The van der Waals surface area contributed by atoms with Crippen LogP contribution in [0, 0.1) is 5.41 Å². The van der Waals surface area contributed by atoms with E-state index in [0.717, 1.165) is 19.6 Å². The van der Waals surface area contributed by atoms with E-state index in [2.05, 4.69) is 31.1 Å². The average Bonchev–Trinajstić information content (AvgIpc) is 2.45. The van der Waals surface area contributed by atoms with Crippen LogP contribution in [0.25, 0.3) is 0 Å². The van der Waals surface area contributed by atoms with Crippen molar-refractivity contribution in [1.82, 2.24) is 5.32 Å². The van der Waals surface area contributed by atoms with Crippen LogP contribution < -0.4 is 5.32 Å². The van der Waals surface area contributed by atoms with Gasteiger partial charge in [-0.3, -0.25) is 4.99 Å². The average molecular weight is 178 g/mol. The van der Waals surface area contributed by atoms with Crippen LogP contribution in [-0.2, 0) is 0 Å². The lowest BCUT2D eigenvalue weighted by Crippen LogP contribution is -2.31. The summed E-state index contributed by atoms with van der Waals surface area (Å²) < 4.78 is 0. The quantitative estimate of drug-likeness (QED) is 0.600. The largest absolute Gasteiger partial charge is 0.312 e. The van der Waals surface area contributed by atoms with Gasteiger partial charge in [-0.2, -0.15) is 0 Å². The van der Waals surface area contributed by atoms with E-state index in [1.807, 2.05) is 0 Å². The zero-order valence-electron chi connectivity index (χ0n) is 8.78. The molecule has 0 aromatic carbocycles. The molecule has 2 aliphatic heterocycles. The molecule has 72 valence electrons. The zero-order valence-corrected chi connectivity index (χ0v) is 8.78. The second-order valence-corrected chi connectivity index (χ2v) is 4.92. The summed E-state index contributed by atoms with van der Waals surface area (Å²) in [5, 5.41) is 3.42. The van der Waals surface area contributed by atoms with E-state index in [1.54, 1.807) is 5.57 Å². The molecule has 0 saturated heterocycles.